The van der Waals surface area contributed by atoms with Crippen LogP contribution in [-0.2, 0) is 21.3 Å². The highest BCUT2D eigenvalue weighted by molar-refractivity contribution is 7.92. The highest BCUT2D eigenvalue weighted by Crippen LogP contribution is 2.19. The smallest absolute Gasteiger partial charge is 0.279 e. The van der Waals surface area contributed by atoms with E-state index < -0.39 is 21.7 Å². The van der Waals surface area contributed by atoms with Gasteiger partial charge in [0.1, 0.15) is 5.82 Å². The molecular formula is C24H22FN3O4S2. The molecule has 4 rings (SSSR count). The Morgan fingerprint density at radius 3 is 2.62 bits per heavy atom. The van der Waals surface area contributed by atoms with E-state index in [0.717, 1.165) is 22.3 Å². The molecule has 1 amide bonds. The number of carbonyl (C=O) groups is 1. The number of halogens is 1. The van der Waals surface area contributed by atoms with Gasteiger partial charge in [-0.05, 0) is 61.5 Å². The average molecular weight is 500 g/mol. The van der Waals surface area contributed by atoms with Crippen LogP contribution >= 0.6 is 11.3 Å². The Bertz CT molecular complexity index is 1490. The third kappa shape index (κ3) is 5.41. The number of thiazole rings is 1. The molecule has 0 unspecified atom stereocenters. The number of rotatable bonds is 8. The Morgan fingerprint density at radius 1 is 1.09 bits per heavy atom. The van der Waals surface area contributed by atoms with E-state index in [9.17, 15) is 17.6 Å². The second-order valence-electron chi connectivity index (χ2n) is 7.26. The minimum Gasteiger partial charge on any atom is -0.380 e. The summed E-state index contributed by atoms with van der Waals surface area (Å²) in [4.78, 5) is 17.7. The van der Waals surface area contributed by atoms with E-state index >= 15 is 0 Å². The Balaban J connectivity index is 1.63. The van der Waals surface area contributed by atoms with Crippen molar-refractivity contribution < 1.29 is 22.3 Å². The lowest BCUT2D eigenvalue weighted by molar-refractivity contribution is 0.0996. The maximum atomic E-state index is 13.1. The van der Waals surface area contributed by atoms with Gasteiger partial charge in [0, 0.05) is 24.4 Å². The molecule has 0 aliphatic rings. The van der Waals surface area contributed by atoms with E-state index in [-0.39, 0.29) is 16.1 Å². The molecule has 0 aliphatic carbocycles. The first-order valence-corrected chi connectivity index (χ1v) is 12.8. The standard InChI is InChI=1S/C24H22FN3O4S2/c1-2-32-15-14-28-21-8-3-4-9-22(21)33-24(28)26-23(29)17-6-5-7-19(16-17)27-34(30,31)20-12-10-18(25)11-13-20/h3-13,16,27H,2,14-15H2,1H3. The van der Waals surface area contributed by atoms with Crippen LogP contribution in [0.3, 0.4) is 0 Å². The van der Waals surface area contributed by atoms with Gasteiger partial charge < -0.3 is 9.30 Å². The van der Waals surface area contributed by atoms with Crippen molar-refractivity contribution in [3.8, 4) is 0 Å². The van der Waals surface area contributed by atoms with Crippen LogP contribution in [0, 0.1) is 5.82 Å². The third-order valence-electron chi connectivity index (χ3n) is 4.93. The van der Waals surface area contributed by atoms with Crippen LogP contribution in [0.2, 0.25) is 0 Å². The zero-order valence-corrected chi connectivity index (χ0v) is 19.9. The normalized spacial score (nSPS) is 12.2. The molecule has 4 aromatic rings. The number of amides is 1. The predicted octanol–water partition coefficient (Wildman–Crippen LogP) is 4.42. The van der Waals surface area contributed by atoms with Crippen molar-refractivity contribution >= 4 is 43.2 Å². The number of hydrogen-bond donors (Lipinski definition) is 1. The van der Waals surface area contributed by atoms with Crippen LogP contribution in [-0.4, -0.2) is 32.1 Å². The summed E-state index contributed by atoms with van der Waals surface area (Å²) in [6.07, 6.45) is 0. The van der Waals surface area contributed by atoms with E-state index in [4.69, 9.17) is 4.74 Å². The van der Waals surface area contributed by atoms with Gasteiger partial charge in [-0.25, -0.2) is 12.8 Å². The molecule has 0 fully saturated rings. The van der Waals surface area contributed by atoms with Crippen LogP contribution in [0.25, 0.3) is 10.2 Å². The lowest BCUT2D eigenvalue weighted by atomic mass is 10.2. The molecule has 0 saturated carbocycles. The van der Waals surface area contributed by atoms with E-state index in [1.165, 1.54) is 35.6 Å². The molecule has 1 heterocycles. The first kappa shape index (κ1) is 23.8. The number of hydrogen-bond acceptors (Lipinski definition) is 5. The summed E-state index contributed by atoms with van der Waals surface area (Å²) in [5, 5.41) is 0. The Kier molecular flexibility index (Phi) is 7.20. The maximum absolute atomic E-state index is 13.1. The lowest BCUT2D eigenvalue weighted by Crippen LogP contribution is -2.19. The summed E-state index contributed by atoms with van der Waals surface area (Å²) >= 11 is 1.40. The monoisotopic (exact) mass is 499 g/mol. The first-order chi connectivity index (χ1) is 16.4. The number of anilines is 1. The van der Waals surface area contributed by atoms with Gasteiger partial charge in [-0.3, -0.25) is 9.52 Å². The summed E-state index contributed by atoms with van der Waals surface area (Å²) in [5.74, 6) is -1.03. The van der Waals surface area contributed by atoms with Gasteiger partial charge in [0.25, 0.3) is 15.9 Å². The fraction of sp³-hybridized carbons (Fsp3) is 0.167. The lowest BCUT2D eigenvalue weighted by Gasteiger charge is -2.09. The van der Waals surface area contributed by atoms with Crippen LogP contribution in [0.1, 0.15) is 17.3 Å². The number of ether oxygens (including phenoxy) is 1. The number of sulfonamides is 1. The summed E-state index contributed by atoms with van der Waals surface area (Å²) in [7, 11) is -3.94. The molecule has 34 heavy (non-hydrogen) atoms. The quantitative estimate of drug-likeness (QED) is 0.364. The fourth-order valence-electron chi connectivity index (χ4n) is 3.32. The van der Waals surface area contributed by atoms with Crippen molar-refractivity contribution in [3.05, 3.63) is 89.0 Å². The number of benzene rings is 3. The van der Waals surface area contributed by atoms with Gasteiger partial charge in [-0.2, -0.15) is 4.99 Å². The number of para-hydroxylation sites is 1. The molecule has 3 aromatic carbocycles. The van der Waals surface area contributed by atoms with E-state index in [1.807, 2.05) is 35.8 Å². The predicted molar refractivity (Wildman–Crippen MR) is 130 cm³/mol. The molecule has 0 radical (unpaired) electrons. The largest absolute Gasteiger partial charge is 0.380 e. The van der Waals surface area contributed by atoms with E-state index in [2.05, 4.69) is 9.71 Å². The second-order valence-corrected chi connectivity index (χ2v) is 9.95. The highest BCUT2D eigenvalue weighted by Gasteiger charge is 2.16. The zero-order valence-electron chi connectivity index (χ0n) is 18.3. The minimum absolute atomic E-state index is 0.0871. The molecule has 0 saturated heterocycles. The first-order valence-electron chi connectivity index (χ1n) is 10.5. The molecule has 1 aromatic heterocycles. The van der Waals surface area contributed by atoms with Gasteiger partial charge in [-0.1, -0.05) is 29.5 Å². The zero-order chi connectivity index (χ0) is 24.1. The van der Waals surface area contributed by atoms with E-state index in [1.54, 1.807) is 12.1 Å². The van der Waals surface area contributed by atoms with Crippen LogP contribution in [0.5, 0.6) is 0 Å². The maximum Gasteiger partial charge on any atom is 0.279 e. The third-order valence-corrected chi connectivity index (χ3v) is 7.39. The minimum atomic E-state index is -3.94. The van der Waals surface area contributed by atoms with Crippen LogP contribution in [0.4, 0.5) is 10.1 Å². The molecule has 7 nitrogen and oxygen atoms in total. The number of nitrogens with one attached hydrogen (secondary N) is 1. The van der Waals surface area contributed by atoms with Crippen molar-refractivity contribution in [2.45, 2.75) is 18.4 Å². The summed E-state index contributed by atoms with van der Waals surface area (Å²) in [6, 6.07) is 18.3. The van der Waals surface area contributed by atoms with Crippen molar-refractivity contribution in [2.24, 2.45) is 4.99 Å². The van der Waals surface area contributed by atoms with Gasteiger partial charge in [0.05, 0.1) is 21.7 Å². The van der Waals surface area contributed by atoms with Gasteiger partial charge in [0.2, 0.25) is 0 Å². The number of carbonyl (C=O) groups excluding carboxylic acids is 1. The Hall–Kier alpha value is -3.34. The Labute approximate surface area is 200 Å². The molecule has 0 aliphatic heterocycles. The summed E-state index contributed by atoms with van der Waals surface area (Å²) in [6.45, 7) is 3.54. The van der Waals surface area contributed by atoms with Crippen LogP contribution < -0.4 is 9.52 Å². The number of aromatic nitrogens is 1. The number of nitrogens with zero attached hydrogens (tertiary/aromatic N) is 2. The van der Waals surface area contributed by atoms with Crippen LogP contribution in [0.15, 0.2) is 82.7 Å². The van der Waals surface area contributed by atoms with Gasteiger partial charge in [-0.15, -0.1) is 0 Å². The summed E-state index contributed by atoms with van der Waals surface area (Å²) < 4.78 is 49.2. The number of fused-ring (bicyclic) bond motifs is 1. The van der Waals surface area contributed by atoms with Crippen molar-refractivity contribution in [3.63, 3.8) is 0 Å². The molecule has 10 heteroatoms. The average Bonchev–Trinajstić information content (AvgIpc) is 3.16. The van der Waals surface area contributed by atoms with Gasteiger partial charge >= 0.3 is 0 Å². The molecule has 1 N–H and O–H groups in total. The van der Waals surface area contributed by atoms with Crippen molar-refractivity contribution in [1.29, 1.82) is 0 Å². The topological polar surface area (TPSA) is 89.8 Å². The molecule has 0 bridgehead atoms. The molecule has 0 spiro atoms. The van der Waals surface area contributed by atoms with Crippen molar-refractivity contribution in [1.82, 2.24) is 4.57 Å². The molecule has 0 atom stereocenters. The van der Waals surface area contributed by atoms with Crippen molar-refractivity contribution in [2.75, 3.05) is 17.9 Å². The second kappa shape index (κ2) is 10.3. The summed E-state index contributed by atoms with van der Waals surface area (Å²) in [5.41, 5.74) is 1.39. The Morgan fingerprint density at radius 2 is 1.85 bits per heavy atom. The van der Waals surface area contributed by atoms with Gasteiger partial charge in [0.15, 0.2) is 4.80 Å². The van der Waals surface area contributed by atoms with E-state index in [0.29, 0.717) is 24.6 Å². The highest BCUT2D eigenvalue weighted by atomic mass is 32.2. The molecular weight excluding hydrogens is 477 g/mol. The SMILES string of the molecule is CCOCCn1c(=NC(=O)c2cccc(NS(=O)(=O)c3ccc(F)cc3)c2)sc2ccccc21. The molecule has 176 valence electrons. The fourth-order valence-corrected chi connectivity index (χ4v) is 5.42.